The SMILES string of the molecule is CCC(C)(CO)N=C(N)NC(C)(C)C. The van der Waals surface area contributed by atoms with Crippen LogP contribution < -0.4 is 11.1 Å². The van der Waals surface area contributed by atoms with Gasteiger partial charge in [-0.3, -0.25) is 0 Å². The van der Waals surface area contributed by atoms with E-state index in [1.54, 1.807) is 0 Å². The Balaban J connectivity index is 4.50. The molecule has 4 heteroatoms. The highest BCUT2D eigenvalue weighted by Gasteiger charge is 2.21. The molecule has 0 aliphatic carbocycles. The molecule has 0 fully saturated rings. The van der Waals surface area contributed by atoms with Gasteiger partial charge in [0.1, 0.15) is 0 Å². The van der Waals surface area contributed by atoms with Gasteiger partial charge in [0.25, 0.3) is 0 Å². The number of rotatable bonds is 3. The van der Waals surface area contributed by atoms with Gasteiger partial charge in [0.15, 0.2) is 5.96 Å². The summed E-state index contributed by atoms with van der Waals surface area (Å²) in [5.74, 6) is 0.385. The number of nitrogens with one attached hydrogen (secondary N) is 1. The Morgan fingerprint density at radius 1 is 1.36 bits per heavy atom. The Morgan fingerprint density at radius 3 is 2.14 bits per heavy atom. The first-order valence-corrected chi connectivity index (χ1v) is 4.97. The van der Waals surface area contributed by atoms with Gasteiger partial charge in [-0.1, -0.05) is 6.92 Å². The summed E-state index contributed by atoms with van der Waals surface area (Å²) in [6, 6.07) is 0. The first-order chi connectivity index (χ1) is 6.22. The standard InChI is InChI=1S/C10H23N3O/c1-6-10(5,7-14)13-8(11)12-9(2,3)4/h14H,6-7H2,1-5H3,(H3,11,12,13). The molecule has 0 aliphatic rings. The molecule has 4 nitrogen and oxygen atoms in total. The largest absolute Gasteiger partial charge is 0.394 e. The maximum absolute atomic E-state index is 9.14. The van der Waals surface area contributed by atoms with E-state index in [9.17, 15) is 0 Å². The summed E-state index contributed by atoms with van der Waals surface area (Å²) < 4.78 is 0. The maximum Gasteiger partial charge on any atom is 0.189 e. The van der Waals surface area contributed by atoms with Gasteiger partial charge in [0.2, 0.25) is 0 Å². The van der Waals surface area contributed by atoms with Crippen LogP contribution in [0.5, 0.6) is 0 Å². The second-order valence-corrected chi connectivity index (χ2v) is 4.88. The van der Waals surface area contributed by atoms with Crippen molar-refractivity contribution in [1.29, 1.82) is 0 Å². The number of aliphatic hydroxyl groups excluding tert-OH is 1. The molecule has 0 rings (SSSR count). The summed E-state index contributed by atoms with van der Waals surface area (Å²) >= 11 is 0. The van der Waals surface area contributed by atoms with Crippen LogP contribution in [0.1, 0.15) is 41.0 Å². The van der Waals surface area contributed by atoms with Crippen LogP contribution in [0.15, 0.2) is 4.99 Å². The molecular formula is C10H23N3O. The zero-order chi connectivity index (χ0) is 11.4. The minimum atomic E-state index is -0.470. The molecule has 14 heavy (non-hydrogen) atoms. The number of aliphatic imine (C=N–C) groups is 1. The molecule has 0 aromatic rings. The first-order valence-electron chi connectivity index (χ1n) is 4.97. The fourth-order valence-electron chi connectivity index (χ4n) is 0.929. The van der Waals surface area contributed by atoms with E-state index in [2.05, 4.69) is 10.3 Å². The van der Waals surface area contributed by atoms with Crippen molar-refractivity contribution in [2.45, 2.75) is 52.1 Å². The van der Waals surface area contributed by atoms with E-state index >= 15 is 0 Å². The van der Waals surface area contributed by atoms with Gasteiger partial charge in [-0.05, 0) is 34.1 Å². The third-order valence-electron chi connectivity index (χ3n) is 2.00. The van der Waals surface area contributed by atoms with Crippen LogP contribution in [-0.2, 0) is 0 Å². The number of hydrogen-bond acceptors (Lipinski definition) is 2. The highest BCUT2D eigenvalue weighted by atomic mass is 16.3. The average molecular weight is 201 g/mol. The normalized spacial score (nSPS) is 17.7. The lowest BCUT2D eigenvalue weighted by Crippen LogP contribution is -2.46. The fourth-order valence-corrected chi connectivity index (χ4v) is 0.929. The minimum Gasteiger partial charge on any atom is -0.394 e. The fraction of sp³-hybridized carbons (Fsp3) is 0.900. The van der Waals surface area contributed by atoms with Crippen molar-refractivity contribution in [2.24, 2.45) is 10.7 Å². The smallest absolute Gasteiger partial charge is 0.189 e. The van der Waals surface area contributed by atoms with Crippen LogP contribution in [0.4, 0.5) is 0 Å². The van der Waals surface area contributed by atoms with Crippen LogP contribution in [0.3, 0.4) is 0 Å². The summed E-state index contributed by atoms with van der Waals surface area (Å²) in [4.78, 5) is 4.26. The van der Waals surface area contributed by atoms with Gasteiger partial charge >= 0.3 is 0 Å². The van der Waals surface area contributed by atoms with E-state index in [1.807, 2.05) is 34.6 Å². The van der Waals surface area contributed by atoms with Gasteiger partial charge in [-0.25, -0.2) is 4.99 Å². The molecule has 0 amide bonds. The molecule has 1 atom stereocenters. The molecule has 0 saturated heterocycles. The molecule has 4 N–H and O–H groups in total. The number of nitrogens with zero attached hydrogens (tertiary/aromatic N) is 1. The molecule has 84 valence electrons. The molecule has 0 aliphatic heterocycles. The minimum absolute atomic E-state index is 0.00994. The van der Waals surface area contributed by atoms with Crippen LogP contribution >= 0.6 is 0 Å². The summed E-state index contributed by atoms with van der Waals surface area (Å²) in [5, 5.41) is 12.2. The van der Waals surface area contributed by atoms with Crippen molar-refractivity contribution >= 4 is 5.96 Å². The van der Waals surface area contributed by atoms with Crippen LogP contribution in [-0.4, -0.2) is 28.8 Å². The highest BCUT2D eigenvalue weighted by molar-refractivity contribution is 5.79. The van der Waals surface area contributed by atoms with Crippen molar-refractivity contribution in [3.63, 3.8) is 0 Å². The lowest BCUT2D eigenvalue weighted by molar-refractivity contribution is 0.206. The number of guanidine groups is 1. The Bertz CT molecular complexity index is 202. The molecule has 1 unspecified atom stereocenters. The summed E-state index contributed by atoms with van der Waals surface area (Å²) in [6.45, 7) is 9.90. The molecule has 0 heterocycles. The zero-order valence-corrected chi connectivity index (χ0v) is 9.89. The Hall–Kier alpha value is -0.770. The first kappa shape index (κ1) is 13.2. The van der Waals surface area contributed by atoms with Gasteiger partial charge < -0.3 is 16.2 Å². The van der Waals surface area contributed by atoms with E-state index in [0.29, 0.717) is 5.96 Å². The van der Waals surface area contributed by atoms with Crippen molar-refractivity contribution in [3.8, 4) is 0 Å². The van der Waals surface area contributed by atoms with E-state index in [1.165, 1.54) is 0 Å². The van der Waals surface area contributed by atoms with Crippen molar-refractivity contribution in [3.05, 3.63) is 0 Å². The van der Waals surface area contributed by atoms with E-state index in [0.717, 1.165) is 6.42 Å². The van der Waals surface area contributed by atoms with E-state index in [-0.39, 0.29) is 12.1 Å². The molecule has 0 aromatic carbocycles. The molecule has 0 bridgehead atoms. The summed E-state index contributed by atoms with van der Waals surface area (Å²) in [7, 11) is 0. The van der Waals surface area contributed by atoms with Crippen LogP contribution in [0, 0.1) is 0 Å². The van der Waals surface area contributed by atoms with Crippen LogP contribution in [0.2, 0.25) is 0 Å². The monoisotopic (exact) mass is 201 g/mol. The zero-order valence-electron chi connectivity index (χ0n) is 9.89. The van der Waals surface area contributed by atoms with E-state index in [4.69, 9.17) is 10.8 Å². The lowest BCUT2D eigenvalue weighted by Gasteiger charge is -2.25. The quantitative estimate of drug-likeness (QED) is 0.468. The van der Waals surface area contributed by atoms with Gasteiger partial charge in [-0.2, -0.15) is 0 Å². The molecule has 0 aromatic heterocycles. The van der Waals surface area contributed by atoms with Gasteiger partial charge in [0.05, 0.1) is 12.1 Å². The molecule has 0 spiro atoms. The van der Waals surface area contributed by atoms with Crippen molar-refractivity contribution in [1.82, 2.24) is 5.32 Å². The highest BCUT2D eigenvalue weighted by Crippen LogP contribution is 2.13. The van der Waals surface area contributed by atoms with Gasteiger partial charge in [-0.15, -0.1) is 0 Å². The van der Waals surface area contributed by atoms with Gasteiger partial charge in [0, 0.05) is 5.54 Å². The molecule has 0 radical (unpaired) electrons. The molecule has 0 saturated carbocycles. The third-order valence-corrected chi connectivity index (χ3v) is 2.00. The summed E-state index contributed by atoms with van der Waals surface area (Å²) in [5.41, 5.74) is 5.16. The number of nitrogens with two attached hydrogens (primary N) is 1. The Kier molecular flexibility index (Phi) is 4.39. The lowest BCUT2D eigenvalue weighted by atomic mass is 10.0. The molecular weight excluding hydrogens is 178 g/mol. The summed E-state index contributed by atoms with van der Waals surface area (Å²) in [6.07, 6.45) is 0.760. The second-order valence-electron chi connectivity index (χ2n) is 4.88. The van der Waals surface area contributed by atoms with Crippen molar-refractivity contribution < 1.29 is 5.11 Å². The third kappa shape index (κ3) is 5.07. The predicted molar refractivity (Wildman–Crippen MR) is 60.3 cm³/mol. The topological polar surface area (TPSA) is 70.6 Å². The van der Waals surface area contributed by atoms with Crippen molar-refractivity contribution in [2.75, 3.05) is 6.61 Å². The second kappa shape index (κ2) is 4.64. The maximum atomic E-state index is 9.14. The Labute approximate surface area is 86.6 Å². The van der Waals surface area contributed by atoms with Crippen LogP contribution in [0.25, 0.3) is 0 Å². The number of aliphatic hydroxyl groups is 1. The number of hydrogen-bond donors (Lipinski definition) is 3. The Morgan fingerprint density at radius 2 is 1.86 bits per heavy atom. The van der Waals surface area contributed by atoms with E-state index < -0.39 is 5.54 Å². The predicted octanol–water partition coefficient (Wildman–Crippen LogP) is 0.850. The average Bonchev–Trinajstić information content (AvgIpc) is 2.00.